The Labute approximate surface area is 165 Å². The highest BCUT2D eigenvalue weighted by molar-refractivity contribution is 5.92. The number of benzene rings is 1. The number of esters is 1. The molecule has 1 N–H and O–H groups in total. The maximum absolute atomic E-state index is 14.2. The maximum atomic E-state index is 14.2. The third kappa shape index (κ3) is 3.85. The number of urea groups is 1. The fourth-order valence-electron chi connectivity index (χ4n) is 4.53. The zero-order valence-electron chi connectivity index (χ0n) is 16.5. The number of likely N-dealkylation sites (tertiary alicyclic amines) is 1. The molecule has 3 fully saturated rings. The molecular formula is C21H28FN3O3. The number of halogens is 1. The Bertz CT molecular complexity index is 772. The van der Waals surface area contributed by atoms with Crippen molar-refractivity contribution in [2.24, 2.45) is 11.3 Å². The summed E-state index contributed by atoms with van der Waals surface area (Å²) in [5.41, 5.74) is 0.606. The lowest BCUT2D eigenvalue weighted by Gasteiger charge is -2.33. The smallest absolute Gasteiger partial charge is 0.337 e. The van der Waals surface area contributed by atoms with E-state index in [0.29, 0.717) is 18.5 Å². The molecule has 1 heterocycles. The lowest BCUT2D eigenvalue weighted by atomic mass is 9.91. The zero-order valence-corrected chi connectivity index (χ0v) is 16.5. The Balaban J connectivity index is 1.28. The number of carbonyl (C=O) groups is 2. The summed E-state index contributed by atoms with van der Waals surface area (Å²) >= 11 is 0. The molecular weight excluding hydrogens is 361 g/mol. The van der Waals surface area contributed by atoms with Crippen LogP contribution in [-0.2, 0) is 4.74 Å². The van der Waals surface area contributed by atoms with Crippen molar-refractivity contribution < 1.29 is 18.7 Å². The van der Waals surface area contributed by atoms with Gasteiger partial charge in [0.05, 0.1) is 18.4 Å². The lowest BCUT2D eigenvalue weighted by Crippen LogP contribution is -2.42. The fraction of sp³-hybridized carbons (Fsp3) is 0.619. The predicted octanol–water partition coefficient (Wildman–Crippen LogP) is 3.34. The number of hydrogen-bond donors (Lipinski definition) is 1. The van der Waals surface area contributed by atoms with Crippen LogP contribution in [0.1, 0.15) is 42.5 Å². The van der Waals surface area contributed by atoms with Crippen molar-refractivity contribution in [2.45, 2.75) is 38.1 Å². The van der Waals surface area contributed by atoms with Crippen molar-refractivity contribution in [1.29, 1.82) is 0 Å². The molecule has 28 heavy (non-hydrogen) atoms. The van der Waals surface area contributed by atoms with E-state index in [0.717, 1.165) is 30.9 Å². The van der Waals surface area contributed by atoms with E-state index >= 15 is 0 Å². The summed E-state index contributed by atoms with van der Waals surface area (Å²) in [6.07, 6.45) is 5.98. The first kappa shape index (κ1) is 19.2. The largest absolute Gasteiger partial charge is 0.465 e. The quantitative estimate of drug-likeness (QED) is 0.785. The molecule has 152 valence electrons. The number of rotatable bonds is 5. The number of ether oxygens (including phenoxy) is 1. The van der Waals surface area contributed by atoms with Crippen LogP contribution in [0.5, 0.6) is 0 Å². The topological polar surface area (TPSA) is 61.9 Å². The summed E-state index contributed by atoms with van der Waals surface area (Å²) in [5, 5.41) is 2.63. The van der Waals surface area contributed by atoms with E-state index in [4.69, 9.17) is 0 Å². The highest BCUT2D eigenvalue weighted by Crippen LogP contribution is 2.59. The first-order valence-electron chi connectivity index (χ1n) is 10.1. The second kappa shape index (κ2) is 7.35. The molecule has 1 aromatic carbocycles. The van der Waals surface area contributed by atoms with Crippen LogP contribution in [0.3, 0.4) is 0 Å². The van der Waals surface area contributed by atoms with E-state index in [1.807, 2.05) is 0 Å². The Morgan fingerprint density at radius 1 is 1.32 bits per heavy atom. The molecule has 1 aliphatic heterocycles. The molecule has 4 rings (SSSR count). The number of piperidine rings is 1. The Morgan fingerprint density at radius 2 is 2.04 bits per heavy atom. The maximum Gasteiger partial charge on any atom is 0.337 e. The van der Waals surface area contributed by atoms with Gasteiger partial charge in [-0.15, -0.1) is 0 Å². The Morgan fingerprint density at radius 3 is 2.64 bits per heavy atom. The standard InChI is InChI=1S/C21H28FN3O3/c1-24(16-4-5-16)13-15-12-21(15)7-9-25(10-8-21)20(27)23-18-6-3-14(11-17(18)22)19(26)28-2/h3,6,11,15-16H,4-5,7-10,12-13H2,1-2H3,(H,23,27). The highest BCUT2D eigenvalue weighted by atomic mass is 19.1. The molecule has 2 aliphatic carbocycles. The second-order valence-corrected chi connectivity index (χ2v) is 8.54. The number of nitrogens with one attached hydrogen (secondary N) is 1. The number of hydrogen-bond acceptors (Lipinski definition) is 4. The molecule has 1 unspecified atom stereocenters. The van der Waals surface area contributed by atoms with Crippen molar-refractivity contribution >= 4 is 17.7 Å². The molecule has 3 aliphatic rings. The van der Waals surface area contributed by atoms with E-state index in [2.05, 4.69) is 22.0 Å². The van der Waals surface area contributed by atoms with Gasteiger partial charge in [0.2, 0.25) is 0 Å². The molecule has 1 aromatic rings. The molecule has 2 saturated carbocycles. The van der Waals surface area contributed by atoms with E-state index in [1.54, 1.807) is 4.90 Å². The van der Waals surface area contributed by atoms with Crippen LogP contribution in [-0.4, -0.2) is 61.6 Å². The average molecular weight is 389 g/mol. The van der Waals surface area contributed by atoms with Crippen LogP contribution in [0.15, 0.2) is 18.2 Å². The van der Waals surface area contributed by atoms with Crippen LogP contribution in [0, 0.1) is 17.2 Å². The molecule has 1 saturated heterocycles. The molecule has 2 amide bonds. The van der Waals surface area contributed by atoms with Crippen molar-refractivity contribution in [3.05, 3.63) is 29.6 Å². The Kier molecular flexibility index (Phi) is 5.04. The van der Waals surface area contributed by atoms with Gasteiger partial charge in [0.1, 0.15) is 5.82 Å². The van der Waals surface area contributed by atoms with E-state index < -0.39 is 11.8 Å². The monoisotopic (exact) mass is 389 g/mol. The van der Waals surface area contributed by atoms with Crippen LogP contribution in [0.2, 0.25) is 0 Å². The zero-order chi connectivity index (χ0) is 19.9. The molecule has 1 spiro atoms. The van der Waals surface area contributed by atoms with Gasteiger partial charge in [-0.2, -0.15) is 0 Å². The minimum atomic E-state index is -0.643. The molecule has 1 atom stereocenters. The van der Waals surface area contributed by atoms with Crippen molar-refractivity contribution in [3.8, 4) is 0 Å². The number of amides is 2. The minimum Gasteiger partial charge on any atom is -0.465 e. The van der Waals surface area contributed by atoms with Gasteiger partial charge in [-0.3, -0.25) is 0 Å². The summed E-state index contributed by atoms with van der Waals surface area (Å²) in [5.74, 6) is -0.494. The number of nitrogens with zero attached hydrogens (tertiary/aromatic N) is 2. The van der Waals surface area contributed by atoms with Gasteiger partial charge in [0, 0.05) is 25.7 Å². The number of carbonyl (C=O) groups excluding carboxylic acids is 2. The third-order valence-electron chi connectivity index (χ3n) is 6.72. The van der Waals surface area contributed by atoms with Gasteiger partial charge in [-0.25, -0.2) is 14.0 Å². The summed E-state index contributed by atoms with van der Waals surface area (Å²) in [7, 11) is 3.47. The van der Waals surface area contributed by atoms with E-state index in [9.17, 15) is 14.0 Å². The summed E-state index contributed by atoms with van der Waals surface area (Å²) in [6.45, 7) is 2.59. The molecule has 7 heteroatoms. The normalized spacial score (nSPS) is 23.0. The van der Waals surface area contributed by atoms with Gasteiger partial charge in [0.15, 0.2) is 0 Å². The molecule has 0 bridgehead atoms. The second-order valence-electron chi connectivity index (χ2n) is 8.54. The first-order valence-corrected chi connectivity index (χ1v) is 10.1. The van der Waals surface area contributed by atoms with Crippen molar-refractivity contribution in [1.82, 2.24) is 9.80 Å². The summed E-state index contributed by atoms with van der Waals surface area (Å²) in [6, 6.07) is 4.43. The van der Waals surface area contributed by atoms with Gasteiger partial charge in [0.25, 0.3) is 0 Å². The van der Waals surface area contributed by atoms with Gasteiger partial charge in [-0.1, -0.05) is 0 Å². The lowest BCUT2D eigenvalue weighted by molar-refractivity contribution is 0.0600. The predicted molar refractivity (Wildman–Crippen MR) is 104 cm³/mol. The highest BCUT2D eigenvalue weighted by Gasteiger charge is 2.55. The summed E-state index contributed by atoms with van der Waals surface area (Å²) < 4.78 is 18.8. The average Bonchev–Trinajstić information content (AvgIpc) is 3.61. The van der Waals surface area contributed by atoms with Crippen molar-refractivity contribution in [3.63, 3.8) is 0 Å². The fourth-order valence-corrected chi connectivity index (χ4v) is 4.53. The van der Waals surface area contributed by atoms with Crippen LogP contribution in [0.25, 0.3) is 0 Å². The van der Waals surface area contributed by atoms with Crippen LogP contribution >= 0.6 is 0 Å². The number of methoxy groups -OCH3 is 1. The van der Waals surface area contributed by atoms with Crippen molar-refractivity contribution in [2.75, 3.05) is 39.1 Å². The van der Waals surface area contributed by atoms with Gasteiger partial charge >= 0.3 is 12.0 Å². The Hall–Kier alpha value is -2.15. The van der Waals surface area contributed by atoms with Gasteiger partial charge < -0.3 is 19.9 Å². The molecule has 6 nitrogen and oxygen atoms in total. The first-order chi connectivity index (χ1) is 13.4. The molecule has 0 radical (unpaired) electrons. The third-order valence-corrected chi connectivity index (χ3v) is 6.72. The number of anilines is 1. The summed E-state index contributed by atoms with van der Waals surface area (Å²) in [4.78, 5) is 28.3. The van der Waals surface area contributed by atoms with E-state index in [-0.39, 0.29) is 17.3 Å². The van der Waals surface area contributed by atoms with E-state index in [1.165, 1.54) is 45.0 Å². The SMILES string of the molecule is COC(=O)c1ccc(NC(=O)N2CCC3(CC2)CC3CN(C)C2CC2)c(F)c1. The van der Waals surface area contributed by atoms with Crippen LogP contribution in [0.4, 0.5) is 14.9 Å². The van der Waals surface area contributed by atoms with Gasteiger partial charge in [-0.05, 0) is 68.7 Å². The minimum absolute atomic E-state index is 0.0771. The molecule has 0 aromatic heterocycles. The van der Waals surface area contributed by atoms with Crippen LogP contribution < -0.4 is 5.32 Å².